The molecule has 0 atom stereocenters. The smallest absolute Gasteiger partial charge is 0.193 e. The SMILES string of the molecule is COc1cc2oc(-c3ccccc3)cc(=O)c2cc1OC. The molecule has 0 bridgehead atoms. The summed E-state index contributed by atoms with van der Waals surface area (Å²) in [6, 6.07) is 14.3. The Labute approximate surface area is 121 Å². The first-order chi connectivity index (χ1) is 10.2. The maximum atomic E-state index is 12.3. The van der Waals surface area contributed by atoms with Crippen LogP contribution in [0.25, 0.3) is 22.3 Å². The van der Waals surface area contributed by atoms with Gasteiger partial charge in [-0.05, 0) is 6.07 Å². The summed E-state index contributed by atoms with van der Waals surface area (Å²) in [5.41, 5.74) is 1.21. The lowest BCUT2D eigenvalue weighted by atomic mass is 10.1. The fraction of sp³-hybridized carbons (Fsp3) is 0.118. The molecule has 0 radical (unpaired) electrons. The van der Waals surface area contributed by atoms with Gasteiger partial charge in [0.1, 0.15) is 11.3 Å². The fourth-order valence-electron chi connectivity index (χ4n) is 2.23. The minimum atomic E-state index is -0.115. The van der Waals surface area contributed by atoms with Gasteiger partial charge in [0.25, 0.3) is 0 Å². The van der Waals surface area contributed by atoms with Crippen LogP contribution in [0.3, 0.4) is 0 Å². The second-order valence-electron chi connectivity index (χ2n) is 4.54. The maximum absolute atomic E-state index is 12.3. The van der Waals surface area contributed by atoms with E-state index in [1.807, 2.05) is 30.3 Å². The highest BCUT2D eigenvalue weighted by Gasteiger charge is 2.12. The molecule has 0 N–H and O–H groups in total. The average molecular weight is 282 g/mol. The van der Waals surface area contributed by atoms with Crippen molar-refractivity contribution in [2.75, 3.05) is 14.2 Å². The first-order valence-corrected chi connectivity index (χ1v) is 6.48. The standard InChI is InChI=1S/C17H14O4/c1-19-16-8-12-13(18)9-14(11-6-4-3-5-7-11)21-15(12)10-17(16)20-2/h3-10H,1-2H3. The van der Waals surface area contributed by atoms with Crippen molar-refractivity contribution in [3.8, 4) is 22.8 Å². The minimum absolute atomic E-state index is 0.115. The number of ether oxygens (including phenoxy) is 2. The van der Waals surface area contributed by atoms with Crippen LogP contribution in [-0.4, -0.2) is 14.2 Å². The van der Waals surface area contributed by atoms with E-state index >= 15 is 0 Å². The molecule has 106 valence electrons. The predicted octanol–water partition coefficient (Wildman–Crippen LogP) is 3.48. The van der Waals surface area contributed by atoms with E-state index in [2.05, 4.69) is 0 Å². The second-order valence-corrected chi connectivity index (χ2v) is 4.54. The maximum Gasteiger partial charge on any atom is 0.193 e. The van der Waals surface area contributed by atoms with Gasteiger partial charge in [-0.2, -0.15) is 0 Å². The van der Waals surface area contributed by atoms with Crippen LogP contribution in [0.5, 0.6) is 11.5 Å². The van der Waals surface area contributed by atoms with Crippen LogP contribution in [0.4, 0.5) is 0 Å². The third-order valence-corrected chi connectivity index (χ3v) is 3.29. The molecule has 3 aromatic rings. The zero-order valence-electron chi connectivity index (χ0n) is 11.8. The Hall–Kier alpha value is -2.75. The highest BCUT2D eigenvalue weighted by Crippen LogP contribution is 2.32. The molecule has 0 amide bonds. The Bertz CT molecular complexity index is 835. The van der Waals surface area contributed by atoms with Crippen molar-refractivity contribution in [1.29, 1.82) is 0 Å². The highest BCUT2D eigenvalue weighted by atomic mass is 16.5. The molecule has 0 spiro atoms. The van der Waals surface area contributed by atoms with Gasteiger partial charge in [-0.25, -0.2) is 0 Å². The van der Waals surface area contributed by atoms with Gasteiger partial charge in [0.2, 0.25) is 0 Å². The molecular weight excluding hydrogens is 268 g/mol. The van der Waals surface area contributed by atoms with Crippen LogP contribution >= 0.6 is 0 Å². The molecular formula is C17H14O4. The predicted molar refractivity (Wildman–Crippen MR) is 81.0 cm³/mol. The van der Waals surface area contributed by atoms with Gasteiger partial charge in [-0.3, -0.25) is 4.79 Å². The largest absolute Gasteiger partial charge is 0.493 e. The molecule has 2 aromatic carbocycles. The molecule has 0 fully saturated rings. The van der Waals surface area contributed by atoms with E-state index in [4.69, 9.17) is 13.9 Å². The summed E-state index contributed by atoms with van der Waals surface area (Å²) >= 11 is 0. The first-order valence-electron chi connectivity index (χ1n) is 6.48. The first kappa shape index (κ1) is 13.2. The summed E-state index contributed by atoms with van der Waals surface area (Å²) in [7, 11) is 3.08. The van der Waals surface area contributed by atoms with Crippen LogP contribution in [-0.2, 0) is 0 Å². The topological polar surface area (TPSA) is 48.7 Å². The van der Waals surface area contributed by atoms with Crippen LogP contribution in [0.1, 0.15) is 0 Å². The van der Waals surface area contributed by atoms with Crippen molar-refractivity contribution in [2.45, 2.75) is 0 Å². The molecule has 0 saturated heterocycles. The Balaban J connectivity index is 2.27. The molecule has 4 heteroatoms. The van der Waals surface area contributed by atoms with Crippen molar-refractivity contribution >= 4 is 11.0 Å². The van der Waals surface area contributed by atoms with Crippen LogP contribution < -0.4 is 14.9 Å². The van der Waals surface area contributed by atoms with Gasteiger partial charge < -0.3 is 13.9 Å². The molecule has 4 nitrogen and oxygen atoms in total. The molecule has 0 aliphatic rings. The molecule has 21 heavy (non-hydrogen) atoms. The summed E-state index contributed by atoms with van der Waals surface area (Å²) in [6.07, 6.45) is 0. The summed E-state index contributed by atoms with van der Waals surface area (Å²) in [5, 5.41) is 0.465. The molecule has 0 aliphatic carbocycles. The number of benzene rings is 2. The zero-order valence-corrected chi connectivity index (χ0v) is 11.8. The van der Waals surface area contributed by atoms with Gasteiger partial charge in [0.15, 0.2) is 16.9 Å². The Morgan fingerprint density at radius 3 is 2.24 bits per heavy atom. The van der Waals surface area contributed by atoms with Gasteiger partial charge in [0, 0.05) is 17.7 Å². The number of rotatable bonds is 3. The Morgan fingerprint density at radius 2 is 1.57 bits per heavy atom. The van der Waals surface area contributed by atoms with Gasteiger partial charge in [-0.1, -0.05) is 30.3 Å². The summed E-state index contributed by atoms with van der Waals surface area (Å²) in [6.45, 7) is 0. The number of fused-ring (bicyclic) bond motifs is 1. The molecule has 3 rings (SSSR count). The normalized spacial score (nSPS) is 10.6. The quantitative estimate of drug-likeness (QED) is 0.738. The number of hydrogen-bond donors (Lipinski definition) is 0. The summed E-state index contributed by atoms with van der Waals surface area (Å²) in [5.74, 6) is 1.56. The molecule has 1 aromatic heterocycles. The van der Waals surface area contributed by atoms with E-state index in [1.54, 1.807) is 19.2 Å². The zero-order chi connectivity index (χ0) is 14.8. The van der Waals surface area contributed by atoms with Crippen LogP contribution in [0.2, 0.25) is 0 Å². The summed E-state index contributed by atoms with van der Waals surface area (Å²) < 4.78 is 16.3. The van der Waals surface area contributed by atoms with E-state index in [9.17, 15) is 4.79 Å². The van der Waals surface area contributed by atoms with E-state index < -0.39 is 0 Å². The lowest BCUT2D eigenvalue weighted by Gasteiger charge is -2.09. The van der Waals surface area contributed by atoms with Gasteiger partial charge in [0.05, 0.1) is 19.6 Å². The van der Waals surface area contributed by atoms with Gasteiger partial charge >= 0.3 is 0 Å². The van der Waals surface area contributed by atoms with Gasteiger partial charge in [-0.15, -0.1) is 0 Å². The third kappa shape index (κ3) is 2.36. The third-order valence-electron chi connectivity index (χ3n) is 3.29. The summed E-state index contributed by atoms with van der Waals surface area (Å²) in [4.78, 5) is 12.3. The van der Waals surface area contributed by atoms with Crippen molar-refractivity contribution in [1.82, 2.24) is 0 Å². The minimum Gasteiger partial charge on any atom is -0.493 e. The van der Waals surface area contributed by atoms with Crippen molar-refractivity contribution in [3.63, 3.8) is 0 Å². The van der Waals surface area contributed by atoms with Crippen molar-refractivity contribution in [2.24, 2.45) is 0 Å². The number of methoxy groups -OCH3 is 2. The monoisotopic (exact) mass is 282 g/mol. The van der Waals surface area contributed by atoms with Crippen molar-refractivity contribution in [3.05, 3.63) is 58.8 Å². The highest BCUT2D eigenvalue weighted by molar-refractivity contribution is 5.82. The van der Waals surface area contributed by atoms with Crippen molar-refractivity contribution < 1.29 is 13.9 Å². The lowest BCUT2D eigenvalue weighted by Crippen LogP contribution is -2.01. The van der Waals surface area contributed by atoms with E-state index in [0.29, 0.717) is 28.2 Å². The fourth-order valence-corrected chi connectivity index (χ4v) is 2.23. The van der Waals surface area contributed by atoms with Crippen LogP contribution in [0.15, 0.2) is 57.7 Å². The van der Waals surface area contributed by atoms with E-state index in [1.165, 1.54) is 13.2 Å². The lowest BCUT2D eigenvalue weighted by molar-refractivity contribution is 0.355. The second kappa shape index (κ2) is 5.32. The molecule has 0 saturated carbocycles. The molecule has 0 unspecified atom stereocenters. The van der Waals surface area contributed by atoms with E-state index in [0.717, 1.165) is 5.56 Å². The average Bonchev–Trinajstić information content (AvgIpc) is 2.54. The number of hydrogen-bond acceptors (Lipinski definition) is 4. The Kier molecular flexibility index (Phi) is 3.36. The molecule has 0 aliphatic heterocycles. The van der Waals surface area contributed by atoms with E-state index in [-0.39, 0.29) is 5.43 Å². The Morgan fingerprint density at radius 1 is 0.905 bits per heavy atom. The molecule has 1 heterocycles. The van der Waals surface area contributed by atoms with Crippen LogP contribution in [0, 0.1) is 0 Å².